The summed E-state index contributed by atoms with van der Waals surface area (Å²) in [5, 5.41) is 3.37. The first-order chi connectivity index (χ1) is 32.8. The van der Waals surface area contributed by atoms with Crippen LogP contribution in [0.3, 0.4) is 0 Å². The molecule has 3 heterocycles. The van der Waals surface area contributed by atoms with E-state index in [1.54, 1.807) is 11.3 Å². The van der Waals surface area contributed by atoms with Crippen molar-refractivity contribution in [2.45, 2.75) is 113 Å². The van der Waals surface area contributed by atoms with Crippen molar-refractivity contribution in [1.82, 2.24) is 14.5 Å². The van der Waals surface area contributed by atoms with E-state index < -0.39 is 31.6 Å². The number of nitrogens with zero attached hydrogens (tertiary/aromatic N) is 3. The van der Waals surface area contributed by atoms with Crippen molar-refractivity contribution < 1.29 is 25.6 Å². The van der Waals surface area contributed by atoms with E-state index in [9.17, 15) is 0 Å². The van der Waals surface area contributed by atoms with E-state index in [0.29, 0.717) is 5.56 Å². The summed E-state index contributed by atoms with van der Waals surface area (Å²) in [6.07, 6.45) is -0.997. The molecule has 0 saturated carbocycles. The van der Waals surface area contributed by atoms with Crippen LogP contribution in [0.2, 0.25) is 19.6 Å². The van der Waals surface area contributed by atoms with Gasteiger partial charge in [0.15, 0.2) is 0 Å². The molecule has 3 aromatic heterocycles. The van der Waals surface area contributed by atoms with E-state index in [4.69, 9.17) is 10.5 Å². The van der Waals surface area contributed by atoms with Crippen LogP contribution in [0.5, 0.6) is 0 Å². The van der Waals surface area contributed by atoms with Gasteiger partial charge in [-0.15, -0.1) is 54.1 Å². The van der Waals surface area contributed by atoms with Crippen molar-refractivity contribution in [2.24, 2.45) is 10.8 Å². The summed E-state index contributed by atoms with van der Waals surface area (Å²) in [4.78, 5) is 9.94. The molecule has 0 aliphatic rings. The average molecular weight is 1100 g/mol. The zero-order valence-corrected chi connectivity index (χ0v) is 45.7. The Morgan fingerprint density at radius 3 is 1.97 bits per heavy atom. The van der Waals surface area contributed by atoms with Gasteiger partial charge in [-0.2, -0.15) is 11.3 Å². The second kappa shape index (κ2) is 19.9. The standard InChI is InChI=1S/C42H41N2S.C19H26NSi.Ir/c1-26(2)34-23-30(29-14-9-8-10-15-29)24-35(27(3)4)39(34)44-37-19-12-11-18-36(37)43-41(44)33-17-13-16-32-31-21-20-28(25-42(5,6)7)22-38(31)45-40(32)33;1-19(2,3)13-16-12-17(15-10-8-7-9-11-15)20-14-18(16)21(4,5)6;/h8-16,18-24,26-27H,25H2,1-7H3;7-10,12,14H,13H2,1-6H3;/q2*-1;/i25D2;13D2;. The van der Waals surface area contributed by atoms with Gasteiger partial charge in [-0.25, -0.2) is 0 Å². The summed E-state index contributed by atoms with van der Waals surface area (Å²) in [7, 11) is -1.70. The maximum atomic E-state index is 8.92. The van der Waals surface area contributed by atoms with Crippen LogP contribution in [0.15, 0.2) is 134 Å². The first-order valence-corrected chi connectivity index (χ1v) is 27.7. The fourth-order valence-corrected chi connectivity index (χ4v) is 11.3. The topological polar surface area (TPSA) is 30.7 Å². The minimum Gasteiger partial charge on any atom is -0.333 e. The van der Waals surface area contributed by atoms with Crippen molar-refractivity contribution in [3.05, 3.63) is 168 Å². The second-order valence-electron chi connectivity index (χ2n) is 21.2. The van der Waals surface area contributed by atoms with Crippen LogP contribution in [0.4, 0.5) is 0 Å². The number of fused-ring (bicyclic) bond motifs is 4. The summed E-state index contributed by atoms with van der Waals surface area (Å²) in [6.45, 7) is 27.6. The van der Waals surface area contributed by atoms with Crippen LogP contribution in [0, 0.1) is 23.0 Å². The zero-order valence-electron chi connectivity index (χ0n) is 45.4. The number of pyridine rings is 1. The average Bonchev–Trinajstić information content (AvgIpc) is 3.89. The fourth-order valence-electron chi connectivity index (χ4n) is 8.71. The van der Waals surface area contributed by atoms with E-state index >= 15 is 0 Å². The van der Waals surface area contributed by atoms with Gasteiger partial charge < -0.3 is 9.55 Å². The first-order valence-electron chi connectivity index (χ1n) is 25.4. The van der Waals surface area contributed by atoms with Gasteiger partial charge in [-0.1, -0.05) is 166 Å². The minimum absolute atomic E-state index is 0. The number of para-hydroxylation sites is 2. The van der Waals surface area contributed by atoms with Gasteiger partial charge in [0.05, 0.1) is 24.9 Å². The Balaban J connectivity index is 0.000000261. The quantitative estimate of drug-likeness (QED) is 0.107. The molecule has 6 aromatic carbocycles. The van der Waals surface area contributed by atoms with E-state index in [1.165, 1.54) is 27.9 Å². The van der Waals surface area contributed by atoms with Crippen molar-refractivity contribution in [2.75, 3.05) is 0 Å². The Hall–Kier alpha value is -4.97. The van der Waals surface area contributed by atoms with Crippen molar-refractivity contribution >= 4 is 55.8 Å². The summed E-state index contributed by atoms with van der Waals surface area (Å²) in [5.74, 6) is 1.44. The molecule has 0 saturated heterocycles. The number of hydrogen-bond donors (Lipinski definition) is 0. The fraction of sp³-hybridized carbons (Fsp3) is 0.311. The molecule has 0 spiro atoms. The van der Waals surface area contributed by atoms with Gasteiger partial charge in [0.1, 0.15) is 0 Å². The molecule has 0 amide bonds. The molecule has 0 unspecified atom stereocenters. The molecule has 0 bridgehead atoms. The summed E-state index contributed by atoms with van der Waals surface area (Å²) < 4.78 is 39.9. The molecule has 9 aromatic rings. The molecule has 9 rings (SSSR count). The van der Waals surface area contributed by atoms with Gasteiger partial charge in [0.2, 0.25) is 0 Å². The molecule has 3 nitrogen and oxygen atoms in total. The largest absolute Gasteiger partial charge is 0.333 e. The minimum atomic E-state index is -1.70. The SMILES string of the molecule is [2H]C([2H])(c1cc(-c2[c-]cccc2)ncc1[Si](C)(C)C)C(C)(C)C.[2H]C([2H])(c1ccc2c(c1)sc1c(-c3nc4ccccc4n3-c3c(C(C)C)cc(-c4ccccc4)cc3C(C)C)[c-]ccc12)C(C)(C)C.[Ir]. The molecule has 347 valence electrons. The van der Waals surface area contributed by atoms with E-state index in [-0.39, 0.29) is 31.9 Å². The van der Waals surface area contributed by atoms with Crippen LogP contribution >= 0.6 is 11.3 Å². The molecular formula is C61H67IrN3SSi-2. The number of thiophene rings is 1. The molecule has 67 heavy (non-hydrogen) atoms. The van der Waals surface area contributed by atoms with Gasteiger partial charge >= 0.3 is 0 Å². The Bertz CT molecular complexity index is 3310. The molecule has 0 aliphatic heterocycles. The third-order valence-electron chi connectivity index (χ3n) is 11.7. The van der Waals surface area contributed by atoms with Crippen LogP contribution in [0.25, 0.3) is 70.7 Å². The van der Waals surface area contributed by atoms with Gasteiger partial charge in [0, 0.05) is 42.2 Å². The van der Waals surface area contributed by atoms with Gasteiger partial charge in [-0.05, 0) is 115 Å². The van der Waals surface area contributed by atoms with Crippen LogP contribution in [-0.2, 0) is 32.9 Å². The second-order valence-corrected chi connectivity index (χ2v) is 27.3. The number of aromatic nitrogens is 3. The zero-order chi connectivity index (χ0) is 50.7. The van der Waals surface area contributed by atoms with Crippen molar-refractivity contribution in [3.63, 3.8) is 0 Å². The van der Waals surface area contributed by atoms with E-state index in [0.717, 1.165) is 64.6 Å². The summed E-state index contributed by atoms with van der Waals surface area (Å²) in [6, 6.07) is 50.5. The van der Waals surface area contributed by atoms with Crippen LogP contribution in [-0.4, -0.2) is 22.6 Å². The monoisotopic (exact) mass is 1100 g/mol. The maximum absolute atomic E-state index is 8.92. The van der Waals surface area contributed by atoms with Crippen molar-refractivity contribution in [3.8, 4) is 39.5 Å². The maximum Gasteiger partial charge on any atom is 0.0798 e. The molecule has 0 N–H and O–H groups in total. The number of hydrogen-bond acceptors (Lipinski definition) is 3. The Morgan fingerprint density at radius 2 is 1.34 bits per heavy atom. The van der Waals surface area contributed by atoms with Crippen LogP contribution < -0.4 is 5.19 Å². The first kappa shape index (κ1) is 44.5. The Kier molecular flexibility index (Phi) is 13.2. The predicted molar refractivity (Wildman–Crippen MR) is 290 cm³/mol. The Morgan fingerprint density at radius 1 is 0.687 bits per heavy atom. The molecule has 6 heteroatoms. The van der Waals surface area contributed by atoms with Crippen LogP contribution in [0.1, 0.15) is 109 Å². The van der Waals surface area contributed by atoms with E-state index in [2.05, 4.69) is 148 Å². The summed E-state index contributed by atoms with van der Waals surface area (Å²) >= 11 is 1.71. The van der Waals surface area contributed by atoms with E-state index in [1.807, 2.05) is 96.3 Å². The third kappa shape index (κ3) is 11.2. The summed E-state index contributed by atoms with van der Waals surface area (Å²) in [5.41, 5.74) is 11.4. The Labute approximate surface area is 425 Å². The smallest absolute Gasteiger partial charge is 0.0798 e. The molecule has 1 radical (unpaired) electrons. The molecule has 0 fully saturated rings. The number of rotatable bonds is 9. The molecular weight excluding hydrogens is 1030 g/mol. The number of benzene rings is 6. The normalized spacial score (nSPS) is 13.5. The predicted octanol–water partition coefficient (Wildman–Crippen LogP) is 17.0. The molecule has 0 aliphatic carbocycles. The third-order valence-corrected chi connectivity index (χ3v) is 14.9. The number of imidazole rings is 1. The van der Waals surface area contributed by atoms with Crippen molar-refractivity contribution in [1.29, 1.82) is 0 Å². The van der Waals surface area contributed by atoms with Gasteiger partial charge in [0.25, 0.3) is 0 Å². The molecule has 0 atom stereocenters. The van der Waals surface area contributed by atoms with Gasteiger partial charge in [-0.3, -0.25) is 4.98 Å².